The number of carbonyl (C=O) groups excluding carboxylic acids is 2. The van der Waals surface area contributed by atoms with Crippen LogP contribution in [0.2, 0.25) is 5.02 Å². The van der Waals surface area contributed by atoms with Gasteiger partial charge in [-0.15, -0.1) is 0 Å². The van der Waals surface area contributed by atoms with Crippen LogP contribution in [0, 0.1) is 0 Å². The van der Waals surface area contributed by atoms with Gasteiger partial charge < -0.3 is 19.7 Å². The number of hydrazone groups is 1. The molecular formula is C23H25ClN4O4. The summed E-state index contributed by atoms with van der Waals surface area (Å²) in [6.45, 7) is 3.79. The highest BCUT2D eigenvalue weighted by molar-refractivity contribution is 6.34. The molecule has 168 valence electrons. The monoisotopic (exact) mass is 456 g/mol. The number of halogens is 1. The molecule has 0 fully saturated rings. The number of benzene rings is 2. The molecule has 0 aliphatic carbocycles. The van der Waals surface area contributed by atoms with Crippen LogP contribution in [0.1, 0.15) is 37.4 Å². The van der Waals surface area contributed by atoms with E-state index >= 15 is 0 Å². The van der Waals surface area contributed by atoms with Gasteiger partial charge in [0.05, 0.1) is 11.8 Å². The van der Waals surface area contributed by atoms with E-state index in [0.717, 1.165) is 11.1 Å². The number of nitrogens with zero attached hydrogens (tertiary/aromatic N) is 3. The molecule has 0 saturated heterocycles. The summed E-state index contributed by atoms with van der Waals surface area (Å²) in [6, 6.07) is 12.3. The van der Waals surface area contributed by atoms with Crippen LogP contribution in [0.25, 0.3) is 0 Å². The maximum atomic E-state index is 13.2. The van der Waals surface area contributed by atoms with Gasteiger partial charge in [0, 0.05) is 30.1 Å². The Labute approximate surface area is 191 Å². The van der Waals surface area contributed by atoms with Crippen LogP contribution in [-0.2, 0) is 4.79 Å². The van der Waals surface area contributed by atoms with Gasteiger partial charge in [-0.05, 0) is 37.6 Å². The predicted molar refractivity (Wildman–Crippen MR) is 121 cm³/mol. The Bertz CT molecular complexity index is 1070. The molecule has 0 spiro atoms. The van der Waals surface area contributed by atoms with E-state index in [0.29, 0.717) is 28.7 Å². The number of urea groups is 1. The van der Waals surface area contributed by atoms with Crippen LogP contribution in [0.3, 0.4) is 0 Å². The van der Waals surface area contributed by atoms with Crippen molar-refractivity contribution in [3.8, 4) is 11.5 Å². The number of amides is 3. The zero-order valence-corrected chi connectivity index (χ0v) is 18.9. The maximum absolute atomic E-state index is 13.2. The van der Waals surface area contributed by atoms with Gasteiger partial charge in [0.1, 0.15) is 6.54 Å². The molecule has 0 bridgehead atoms. The Morgan fingerprint density at radius 2 is 1.97 bits per heavy atom. The summed E-state index contributed by atoms with van der Waals surface area (Å²) in [5, 5.41) is 9.42. The van der Waals surface area contributed by atoms with Gasteiger partial charge in [-0.3, -0.25) is 4.79 Å². The lowest BCUT2D eigenvalue weighted by molar-refractivity contribution is -0.133. The minimum atomic E-state index is -0.357. The molecule has 9 heteroatoms. The second-order valence-corrected chi connectivity index (χ2v) is 8.46. The van der Waals surface area contributed by atoms with Crippen LogP contribution < -0.4 is 14.8 Å². The molecule has 0 aromatic heterocycles. The molecule has 2 aliphatic heterocycles. The number of hydrogen-bond donors (Lipinski definition) is 1. The average molecular weight is 457 g/mol. The standard InChI is InChI=1S/C23H25ClN4O4/c1-14(2)25-23(30)27(3)12-22(29)28-19(15-8-9-20-21(10-15)32-13-31-20)11-18(26-28)16-6-4-5-7-17(16)24/h4-10,14,19H,11-13H2,1-3H3,(H,25,30)/t19-/m0/s1. The molecule has 32 heavy (non-hydrogen) atoms. The third kappa shape index (κ3) is 4.50. The Morgan fingerprint density at radius 1 is 1.22 bits per heavy atom. The van der Waals surface area contributed by atoms with E-state index in [1.165, 1.54) is 9.91 Å². The van der Waals surface area contributed by atoms with Crippen molar-refractivity contribution in [1.29, 1.82) is 0 Å². The minimum absolute atomic E-state index is 0.0296. The molecular weight excluding hydrogens is 432 g/mol. The zero-order valence-electron chi connectivity index (χ0n) is 18.2. The van der Waals surface area contributed by atoms with Crippen LogP contribution in [0.15, 0.2) is 47.6 Å². The third-order valence-corrected chi connectivity index (χ3v) is 5.59. The summed E-state index contributed by atoms with van der Waals surface area (Å²) >= 11 is 6.39. The largest absolute Gasteiger partial charge is 0.454 e. The highest BCUT2D eigenvalue weighted by Crippen LogP contribution is 2.39. The Morgan fingerprint density at radius 3 is 2.72 bits per heavy atom. The normalized spacial score (nSPS) is 16.8. The van der Waals surface area contributed by atoms with Gasteiger partial charge in [-0.1, -0.05) is 35.9 Å². The van der Waals surface area contributed by atoms with Gasteiger partial charge in [0.2, 0.25) is 6.79 Å². The van der Waals surface area contributed by atoms with Crippen molar-refractivity contribution >= 4 is 29.3 Å². The summed E-state index contributed by atoms with van der Waals surface area (Å²) in [6.07, 6.45) is 0.483. The van der Waals surface area contributed by atoms with Crippen molar-refractivity contribution in [1.82, 2.24) is 15.2 Å². The highest BCUT2D eigenvalue weighted by Gasteiger charge is 2.35. The lowest BCUT2D eigenvalue weighted by Gasteiger charge is -2.25. The Hall–Kier alpha value is -3.26. The molecule has 0 unspecified atom stereocenters. The number of carbonyl (C=O) groups is 2. The zero-order chi connectivity index (χ0) is 22.8. The van der Waals surface area contributed by atoms with Gasteiger partial charge in [-0.25, -0.2) is 9.80 Å². The fourth-order valence-electron chi connectivity index (χ4n) is 3.68. The van der Waals surface area contributed by atoms with Gasteiger partial charge in [-0.2, -0.15) is 5.10 Å². The smallest absolute Gasteiger partial charge is 0.317 e. The van der Waals surface area contributed by atoms with E-state index < -0.39 is 0 Å². The molecule has 4 rings (SSSR count). The summed E-state index contributed by atoms with van der Waals surface area (Å²) in [5.41, 5.74) is 2.35. The molecule has 0 radical (unpaired) electrons. The SMILES string of the molecule is CC(C)NC(=O)N(C)CC(=O)N1N=C(c2ccccc2Cl)C[C@H]1c1ccc2c(c1)OCO2. The first-order valence-electron chi connectivity index (χ1n) is 10.4. The molecule has 2 aromatic carbocycles. The number of ether oxygens (including phenoxy) is 2. The predicted octanol–water partition coefficient (Wildman–Crippen LogP) is 3.80. The van der Waals surface area contributed by atoms with Crippen molar-refractivity contribution in [2.45, 2.75) is 32.4 Å². The fraction of sp³-hybridized carbons (Fsp3) is 0.348. The molecule has 1 atom stereocenters. The van der Waals surface area contributed by atoms with Crippen molar-refractivity contribution in [3.05, 3.63) is 58.6 Å². The van der Waals surface area contributed by atoms with Crippen molar-refractivity contribution < 1.29 is 19.1 Å². The Kier molecular flexibility index (Phi) is 6.23. The summed E-state index contributed by atoms with van der Waals surface area (Å²) in [4.78, 5) is 26.9. The number of rotatable bonds is 5. The lowest BCUT2D eigenvalue weighted by atomic mass is 9.98. The van der Waals surface area contributed by atoms with Gasteiger partial charge in [0.15, 0.2) is 11.5 Å². The van der Waals surface area contributed by atoms with E-state index in [1.807, 2.05) is 50.2 Å². The van der Waals surface area contributed by atoms with Crippen LogP contribution in [0.4, 0.5) is 4.79 Å². The fourth-order valence-corrected chi connectivity index (χ4v) is 3.93. The van der Waals surface area contributed by atoms with E-state index in [9.17, 15) is 9.59 Å². The Balaban J connectivity index is 1.62. The minimum Gasteiger partial charge on any atom is -0.454 e. The first-order valence-corrected chi connectivity index (χ1v) is 10.8. The summed E-state index contributed by atoms with van der Waals surface area (Å²) in [5.74, 6) is 1.01. The van der Waals surface area contributed by atoms with E-state index in [2.05, 4.69) is 10.4 Å². The summed E-state index contributed by atoms with van der Waals surface area (Å²) in [7, 11) is 1.58. The number of nitrogens with one attached hydrogen (secondary N) is 1. The molecule has 8 nitrogen and oxygen atoms in total. The first-order chi connectivity index (χ1) is 15.3. The number of hydrogen-bond acceptors (Lipinski definition) is 5. The van der Waals surface area contributed by atoms with E-state index in [1.54, 1.807) is 13.1 Å². The molecule has 1 N–H and O–H groups in total. The van der Waals surface area contributed by atoms with E-state index in [4.69, 9.17) is 21.1 Å². The number of fused-ring (bicyclic) bond motifs is 1. The molecule has 2 heterocycles. The molecule has 2 aliphatic rings. The topological polar surface area (TPSA) is 83.5 Å². The first kappa shape index (κ1) is 22.0. The van der Waals surface area contributed by atoms with Crippen LogP contribution in [-0.4, -0.2) is 54.0 Å². The summed E-state index contributed by atoms with van der Waals surface area (Å²) < 4.78 is 10.9. The lowest BCUT2D eigenvalue weighted by Crippen LogP contribution is -2.45. The second-order valence-electron chi connectivity index (χ2n) is 8.06. The maximum Gasteiger partial charge on any atom is 0.317 e. The molecule has 2 aromatic rings. The van der Waals surface area contributed by atoms with Crippen molar-refractivity contribution in [3.63, 3.8) is 0 Å². The third-order valence-electron chi connectivity index (χ3n) is 5.26. The quantitative estimate of drug-likeness (QED) is 0.741. The molecule has 3 amide bonds. The van der Waals surface area contributed by atoms with Gasteiger partial charge >= 0.3 is 6.03 Å². The highest BCUT2D eigenvalue weighted by atomic mass is 35.5. The average Bonchev–Trinajstić information content (AvgIpc) is 3.40. The van der Waals surface area contributed by atoms with E-state index in [-0.39, 0.29) is 37.4 Å². The van der Waals surface area contributed by atoms with Crippen molar-refractivity contribution in [2.24, 2.45) is 5.10 Å². The second kappa shape index (κ2) is 9.08. The van der Waals surface area contributed by atoms with Crippen molar-refractivity contribution in [2.75, 3.05) is 20.4 Å². The number of likely N-dealkylation sites (N-methyl/N-ethyl adjacent to an activating group) is 1. The molecule has 0 saturated carbocycles. The van der Waals surface area contributed by atoms with Crippen LogP contribution >= 0.6 is 11.6 Å². The van der Waals surface area contributed by atoms with Gasteiger partial charge in [0.25, 0.3) is 5.91 Å². The van der Waals surface area contributed by atoms with Crippen LogP contribution in [0.5, 0.6) is 11.5 Å².